The van der Waals surface area contributed by atoms with Crippen molar-refractivity contribution in [3.63, 3.8) is 0 Å². The molecule has 0 fully saturated rings. The van der Waals surface area contributed by atoms with Gasteiger partial charge in [-0.1, -0.05) is 18.2 Å². The van der Waals surface area contributed by atoms with Gasteiger partial charge in [0.15, 0.2) is 0 Å². The highest BCUT2D eigenvalue weighted by Gasteiger charge is 2.29. The molecule has 0 spiro atoms. The van der Waals surface area contributed by atoms with Crippen LogP contribution in [0.25, 0.3) is 0 Å². The van der Waals surface area contributed by atoms with Gasteiger partial charge in [-0.05, 0) is 45.9 Å². The molecule has 0 aromatic heterocycles. The second kappa shape index (κ2) is 6.94. The monoisotopic (exact) mass is 289 g/mol. The molecule has 0 saturated carbocycles. The number of hydrogen-bond acceptors (Lipinski definition) is 3. The molecule has 2 rings (SSSR count). The van der Waals surface area contributed by atoms with Crippen LogP contribution in [0.3, 0.4) is 0 Å². The van der Waals surface area contributed by atoms with E-state index in [-0.39, 0.29) is 11.8 Å². The summed E-state index contributed by atoms with van der Waals surface area (Å²) in [6, 6.07) is 8.95. The minimum Gasteiger partial charge on any atom is -0.382 e. The Labute approximate surface area is 127 Å². The predicted molar refractivity (Wildman–Crippen MR) is 87.7 cm³/mol. The van der Waals surface area contributed by atoms with E-state index < -0.39 is 0 Å². The van der Waals surface area contributed by atoms with Crippen LogP contribution in [-0.2, 0) is 4.79 Å². The van der Waals surface area contributed by atoms with Crippen LogP contribution >= 0.6 is 0 Å². The summed E-state index contributed by atoms with van der Waals surface area (Å²) in [5.41, 5.74) is 2.21. The summed E-state index contributed by atoms with van der Waals surface area (Å²) in [7, 11) is 2.08. The van der Waals surface area contributed by atoms with Crippen molar-refractivity contribution < 1.29 is 4.79 Å². The molecule has 1 amide bonds. The van der Waals surface area contributed by atoms with Crippen LogP contribution in [0.5, 0.6) is 0 Å². The van der Waals surface area contributed by atoms with E-state index >= 15 is 0 Å². The number of nitrogens with one attached hydrogen (secondary N) is 2. The highest BCUT2D eigenvalue weighted by Crippen LogP contribution is 2.33. The Morgan fingerprint density at radius 1 is 1.43 bits per heavy atom. The molecule has 21 heavy (non-hydrogen) atoms. The van der Waals surface area contributed by atoms with Crippen molar-refractivity contribution in [3.8, 4) is 0 Å². The summed E-state index contributed by atoms with van der Waals surface area (Å²) in [4.78, 5) is 14.7. The lowest BCUT2D eigenvalue weighted by Gasteiger charge is -2.31. The fourth-order valence-electron chi connectivity index (χ4n) is 2.72. The number of benzene rings is 1. The van der Waals surface area contributed by atoms with Gasteiger partial charge in [-0.25, -0.2) is 0 Å². The number of likely N-dealkylation sites (N-methyl/N-ethyl adjacent to an activating group) is 1. The molecule has 2 N–H and O–H groups in total. The topological polar surface area (TPSA) is 44.4 Å². The molecule has 1 aromatic carbocycles. The zero-order valence-corrected chi connectivity index (χ0v) is 13.5. The van der Waals surface area contributed by atoms with Crippen LogP contribution in [0.2, 0.25) is 0 Å². The van der Waals surface area contributed by atoms with Gasteiger partial charge in [-0.3, -0.25) is 4.79 Å². The standard InChI is InChI=1S/C17H27N3O/c1-12(2)20(4)10-9-18-17(21)15-11-13(3)19-16-8-6-5-7-14(15)16/h5-8,12-13,15,19H,9-11H2,1-4H3,(H,18,21). The quantitative estimate of drug-likeness (QED) is 0.875. The molecule has 4 heteroatoms. The number of carbonyl (C=O) groups excluding carboxylic acids is 1. The third kappa shape index (κ3) is 3.97. The van der Waals surface area contributed by atoms with Crippen LogP contribution in [0.4, 0.5) is 5.69 Å². The Hall–Kier alpha value is -1.55. The van der Waals surface area contributed by atoms with Gasteiger partial charge in [-0.15, -0.1) is 0 Å². The van der Waals surface area contributed by atoms with Crippen LogP contribution in [0.1, 0.15) is 38.7 Å². The molecule has 0 radical (unpaired) electrons. The number of fused-ring (bicyclic) bond motifs is 1. The maximum absolute atomic E-state index is 12.5. The SMILES string of the molecule is CC1CC(C(=O)NCCN(C)C(C)C)c2ccccc2N1. The van der Waals surface area contributed by atoms with E-state index in [1.54, 1.807) is 0 Å². The minimum atomic E-state index is -0.0400. The van der Waals surface area contributed by atoms with Crippen molar-refractivity contribution in [1.29, 1.82) is 0 Å². The van der Waals surface area contributed by atoms with Gasteiger partial charge >= 0.3 is 0 Å². The van der Waals surface area contributed by atoms with Gasteiger partial charge < -0.3 is 15.5 Å². The molecule has 0 bridgehead atoms. The lowest BCUT2D eigenvalue weighted by atomic mass is 9.87. The lowest BCUT2D eigenvalue weighted by Crippen LogP contribution is -2.40. The Bertz CT molecular complexity index is 487. The fraction of sp³-hybridized carbons (Fsp3) is 0.588. The normalized spacial score (nSPS) is 21.0. The first-order valence-corrected chi connectivity index (χ1v) is 7.82. The third-order valence-electron chi connectivity index (χ3n) is 4.29. The average molecular weight is 289 g/mol. The smallest absolute Gasteiger partial charge is 0.227 e. The first kappa shape index (κ1) is 15.8. The number of anilines is 1. The van der Waals surface area contributed by atoms with E-state index in [9.17, 15) is 4.79 Å². The molecule has 0 saturated heterocycles. The van der Waals surface area contributed by atoms with E-state index in [1.165, 1.54) is 0 Å². The van der Waals surface area contributed by atoms with Gasteiger partial charge in [0.1, 0.15) is 0 Å². The van der Waals surface area contributed by atoms with E-state index in [0.29, 0.717) is 18.6 Å². The molecule has 4 nitrogen and oxygen atoms in total. The molecule has 2 unspecified atom stereocenters. The number of nitrogens with zero attached hydrogens (tertiary/aromatic N) is 1. The van der Waals surface area contributed by atoms with Crippen LogP contribution in [0, 0.1) is 0 Å². The Balaban J connectivity index is 1.96. The number of carbonyl (C=O) groups is 1. The van der Waals surface area contributed by atoms with Crippen molar-refractivity contribution in [3.05, 3.63) is 29.8 Å². The maximum atomic E-state index is 12.5. The van der Waals surface area contributed by atoms with Crippen molar-refractivity contribution >= 4 is 11.6 Å². The molecule has 116 valence electrons. The average Bonchev–Trinajstić information content (AvgIpc) is 2.45. The van der Waals surface area contributed by atoms with Gasteiger partial charge in [0.2, 0.25) is 5.91 Å². The molecular weight excluding hydrogens is 262 g/mol. The predicted octanol–water partition coefficient (Wildman–Crippen LogP) is 2.43. The molecule has 0 aliphatic carbocycles. The van der Waals surface area contributed by atoms with Gasteiger partial charge in [0.25, 0.3) is 0 Å². The minimum absolute atomic E-state index is 0.0400. The zero-order valence-electron chi connectivity index (χ0n) is 13.5. The van der Waals surface area contributed by atoms with Gasteiger partial charge in [0.05, 0.1) is 5.92 Å². The van der Waals surface area contributed by atoms with E-state index in [2.05, 4.69) is 55.5 Å². The summed E-state index contributed by atoms with van der Waals surface area (Å²) in [5.74, 6) is 0.106. The maximum Gasteiger partial charge on any atom is 0.227 e. The molecule has 1 aromatic rings. The Morgan fingerprint density at radius 2 is 2.14 bits per heavy atom. The zero-order chi connectivity index (χ0) is 15.4. The largest absolute Gasteiger partial charge is 0.382 e. The summed E-state index contributed by atoms with van der Waals surface area (Å²) >= 11 is 0. The molecule has 2 atom stereocenters. The summed E-state index contributed by atoms with van der Waals surface area (Å²) < 4.78 is 0. The summed E-state index contributed by atoms with van der Waals surface area (Å²) in [5, 5.41) is 6.54. The molecule has 1 heterocycles. The molecule has 1 aliphatic heterocycles. The first-order chi connectivity index (χ1) is 9.99. The van der Waals surface area contributed by atoms with Crippen LogP contribution < -0.4 is 10.6 Å². The van der Waals surface area contributed by atoms with Gasteiger partial charge in [0, 0.05) is 30.9 Å². The van der Waals surface area contributed by atoms with E-state index in [1.807, 2.05) is 12.1 Å². The van der Waals surface area contributed by atoms with Crippen LogP contribution in [-0.4, -0.2) is 43.0 Å². The summed E-state index contributed by atoms with van der Waals surface area (Å²) in [6.07, 6.45) is 0.850. The second-order valence-corrected chi connectivity index (χ2v) is 6.29. The first-order valence-electron chi connectivity index (χ1n) is 7.82. The lowest BCUT2D eigenvalue weighted by molar-refractivity contribution is -0.122. The van der Waals surface area contributed by atoms with Crippen molar-refractivity contribution in [2.75, 3.05) is 25.5 Å². The number of amides is 1. The molecular formula is C17H27N3O. The fourth-order valence-corrected chi connectivity index (χ4v) is 2.72. The number of para-hydroxylation sites is 1. The summed E-state index contributed by atoms with van der Waals surface area (Å²) in [6.45, 7) is 8.03. The van der Waals surface area contributed by atoms with E-state index in [4.69, 9.17) is 0 Å². The van der Waals surface area contributed by atoms with Crippen molar-refractivity contribution in [2.45, 2.75) is 45.2 Å². The van der Waals surface area contributed by atoms with Crippen molar-refractivity contribution in [2.24, 2.45) is 0 Å². The number of hydrogen-bond donors (Lipinski definition) is 2. The second-order valence-electron chi connectivity index (χ2n) is 6.29. The number of rotatable bonds is 5. The van der Waals surface area contributed by atoms with Crippen molar-refractivity contribution in [1.82, 2.24) is 10.2 Å². The van der Waals surface area contributed by atoms with Gasteiger partial charge in [-0.2, -0.15) is 0 Å². The van der Waals surface area contributed by atoms with Crippen LogP contribution in [0.15, 0.2) is 24.3 Å². The Morgan fingerprint density at radius 3 is 2.86 bits per heavy atom. The molecule has 1 aliphatic rings. The highest BCUT2D eigenvalue weighted by atomic mass is 16.1. The van der Waals surface area contributed by atoms with E-state index in [0.717, 1.165) is 24.2 Å². The third-order valence-corrected chi connectivity index (χ3v) is 4.29. The highest BCUT2D eigenvalue weighted by molar-refractivity contribution is 5.86. The Kier molecular flexibility index (Phi) is 5.23.